The van der Waals surface area contributed by atoms with Crippen LogP contribution in [0.15, 0.2) is 12.3 Å². The number of rotatable bonds is 4. The maximum atomic E-state index is 5.90. The molecule has 4 heteroatoms. The molecule has 1 fully saturated rings. The molecule has 1 aliphatic heterocycles. The fraction of sp³-hybridized carbons (Fsp3) is 0.786. The number of piperidine rings is 1. The molecule has 4 nitrogen and oxygen atoms in total. The van der Waals surface area contributed by atoms with Crippen LogP contribution in [0, 0.1) is 0 Å². The molecule has 0 aromatic carbocycles. The molecule has 1 saturated heterocycles. The minimum atomic E-state index is 0.433. The highest BCUT2D eigenvalue weighted by molar-refractivity contribution is 5.01. The first-order chi connectivity index (χ1) is 8.61. The summed E-state index contributed by atoms with van der Waals surface area (Å²) in [5, 5.41) is 4.64. The highest BCUT2D eigenvalue weighted by Gasteiger charge is 2.27. The molecule has 2 N–H and O–H groups in total. The van der Waals surface area contributed by atoms with Crippen LogP contribution in [0.1, 0.15) is 51.8 Å². The minimum absolute atomic E-state index is 0.433. The van der Waals surface area contributed by atoms with E-state index in [9.17, 15) is 0 Å². The fourth-order valence-corrected chi connectivity index (χ4v) is 2.81. The van der Waals surface area contributed by atoms with Gasteiger partial charge in [0.05, 0.1) is 5.69 Å². The van der Waals surface area contributed by atoms with Crippen LogP contribution in [0.2, 0.25) is 0 Å². The molecule has 0 saturated carbocycles. The third-order valence-electron chi connectivity index (χ3n) is 4.00. The van der Waals surface area contributed by atoms with Gasteiger partial charge in [-0.1, -0.05) is 6.42 Å². The molecule has 0 aliphatic carbocycles. The van der Waals surface area contributed by atoms with Crippen molar-refractivity contribution in [1.29, 1.82) is 0 Å². The molecule has 1 aromatic heterocycles. The lowest BCUT2D eigenvalue weighted by molar-refractivity contribution is 0.0875. The highest BCUT2D eigenvalue weighted by Crippen LogP contribution is 2.24. The Morgan fingerprint density at radius 1 is 1.44 bits per heavy atom. The van der Waals surface area contributed by atoms with Gasteiger partial charge in [-0.3, -0.25) is 9.58 Å². The molecule has 0 radical (unpaired) electrons. The zero-order valence-electron chi connectivity index (χ0n) is 11.8. The van der Waals surface area contributed by atoms with Crippen molar-refractivity contribution in [2.24, 2.45) is 5.73 Å². The van der Waals surface area contributed by atoms with Gasteiger partial charge in [-0.15, -0.1) is 0 Å². The van der Waals surface area contributed by atoms with E-state index in [1.807, 2.05) is 4.68 Å². The van der Waals surface area contributed by atoms with Crippen molar-refractivity contribution < 1.29 is 0 Å². The number of aromatic nitrogens is 2. The van der Waals surface area contributed by atoms with Gasteiger partial charge < -0.3 is 5.73 Å². The monoisotopic (exact) mass is 250 g/mol. The first kappa shape index (κ1) is 13.6. The van der Waals surface area contributed by atoms with Crippen molar-refractivity contribution in [3.8, 4) is 0 Å². The molecule has 18 heavy (non-hydrogen) atoms. The summed E-state index contributed by atoms with van der Waals surface area (Å²) in [5.41, 5.74) is 7.06. The van der Waals surface area contributed by atoms with E-state index < -0.39 is 0 Å². The van der Waals surface area contributed by atoms with Crippen molar-refractivity contribution in [3.05, 3.63) is 18.0 Å². The van der Waals surface area contributed by atoms with E-state index >= 15 is 0 Å². The van der Waals surface area contributed by atoms with Crippen molar-refractivity contribution in [1.82, 2.24) is 14.7 Å². The topological polar surface area (TPSA) is 47.1 Å². The van der Waals surface area contributed by atoms with Crippen molar-refractivity contribution in [3.63, 3.8) is 0 Å². The van der Waals surface area contributed by atoms with Gasteiger partial charge >= 0.3 is 0 Å². The second kappa shape index (κ2) is 5.85. The predicted octanol–water partition coefficient (Wildman–Crippen LogP) is 2.17. The van der Waals surface area contributed by atoms with E-state index in [4.69, 9.17) is 5.73 Å². The van der Waals surface area contributed by atoms with Gasteiger partial charge in [0.15, 0.2) is 0 Å². The molecule has 0 spiro atoms. The van der Waals surface area contributed by atoms with Crippen LogP contribution in [0.3, 0.4) is 0 Å². The van der Waals surface area contributed by atoms with Crippen LogP contribution in [0.4, 0.5) is 0 Å². The first-order valence-corrected chi connectivity index (χ1v) is 7.11. The molecule has 102 valence electrons. The second-order valence-corrected chi connectivity index (χ2v) is 5.72. The van der Waals surface area contributed by atoms with Crippen LogP contribution in [-0.4, -0.2) is 33.3 Å². The van der Waals surface area contributed by atoms with Crippen LogP contribution in [0.5, 0.6) is 0 Å². The Kier molecular flexibility index (Phi) is 4.40. The second-order valence-electron chi connectivity index (χ2n) is 5.72. The summed E-state index contributed by atoms with van der Waals surface area (Å²) in [4.78, 5) is 2.52. The lowest BCUT2D eigenvalue weighted by Crippen LogP contribution is -2.48. The number of hydrogen-bond donors (Lipinski definition) is 1. The summed E-state index contributed by atoms with van der Waals surface area (Å²) in [5.74, 6) is 0. The maximum absolute atomic E-state index is 5.90. The smallest absolute Gasteiger partial charge is 0.0765 e. The Balaban J connectivity index is 2.05. The molecule has 2 atom stereocenters. The lowest BCUT2D eigenvalue weighted by atomic mass is 9.96. The summed E-state index contributed by atoms with van der Waals surface area (Å²) in [6.45, 7) is 8.31. The average molecular weight is 250 g/mol. The summed E-state index contributed by atoms with van der Waals surface area (Å²) in [6, 6.07) is 3.71. The first-order valence-electron chi connectivity index (χ1n) is 7.11. The zero-order chi connectivity index (χ0) is 13.1. The number of nitrogens with zero attached hydrogens (tertiary/aromatic N) is 3. The Hall–Kier alpha value is -0.870. The van der Waals surface area contributed by atoms with E-state index in [-0.39, 0.29) is 0 Å². The molecule has 1 aromatic rings. The van der Waals surface area contributed by atoms with Crippen LogP contribution >= 0.6 is 0 Å². The Bertz CT molecular complexity index is 372. The van der Waals surface area contributed by atoms with Crippen molar-refractivity contribution in [2.75, 3.05) is 6.54 Å². The van der Waals surface area contributed by atoms with Gasteiger partial charge in [0.2, 0.25) is 0 Å². The fourth-order valence-electron chi connectivity index (χ4n) is 2.81. The van der Waals surface area contributed by atoms with Gasteiger partial charge in [-0.05, 0) is 39.7 Å². The van der Waals surface area contributed by atoms with Gasteiger partial charge in [0.25, 0.3) is 0 Å². The zero-order valence-corrected chi connectivity index (χ0v) is 11.8. The standard InChI is InChI=1S/C14H26N4/c1-11(2)18-8-7-13(16-18)10-17-12(3)5-4-6-14(17)9-15/h7-8,11-12,14H,4-6,9-10,15H2,1-3H3. The molecule has 2 heterocycles. The summed E-state index contributed by atoms with van der Waals surface area (Å²) in [6.07, 6.45) is 5.89. The van der Waals surface area contributed by atoms with E-state index in [1.165, 1.54) is 19.3 Å². The van der Waals surface area contributed by atoms with Crippen LogP contribution in [-0.2, 0) is 6.54 Å². The van der Waals surface area contributed by atoms with E-state index in [2.05, 4.69) is 43.0 Å². The largest absolute Gasteiger partial charge is 0.329 e. The molecule has 2 rings (SSSR count). The summed E-state index contributed by atoms with van der Waals surface area (Å²) >= 11 is 0. The maximum Gasteiger partial charge on any atom is 0.0765 e. The minimum Gasteiger partial charge on any atom is -0.329 e. The molecule has 0 bridgehead atoms. The summed E-state index contributed by atoms with van der Waals surface area (Å²) in [7, 11) is 0. The molecule has 2 unspecified atom stereocenters. The quantitative estimate of drug-likeness (QED) is 0.891. The Labute approximate surface area is 110 Å². The molecular formula is C14H26N4. The Morgan fingerprint density at radius 2 is 2.22 bits per heavy atom. The molecular weight excluding hydrogens is 224 g/mol. The average Bonchev–Trinajstić information content (AvgIpc) is 2.80. The van der Waals surface area contributed by atoms with Gasteiger partial charge in [-0.2, -0.15) is 5.10 Å². The van der Waals surface area contributed by atoms with Gasteiger partial charge in [0, 0.05) is 37.4 Å². The number of nitrogens with two attached hydrogens (primary N) is 1. The van der Waals surface area contributed by atoms with Gasteiger partial charge in [0.1, 0.15) is 0 Å². The Morgan fingerprint density at radius 3 is 2.83 bits per heavy atom. The lowest BCUT2D eigenvalue weighted by Gasteiger charge is -2.39. The van der Waals surface area contributed by atoms with E-state index in [0.29, 0.717) is 18.1 Å². The summed E-state index contributed by atoms with van der Waals surface area (Å²) < 4.78 is 2.03. The predicted molar refractivity (Wildman–Crippen MR) is 74.3 cm³/mol. The molecule has 0 amide bonds. The number of likely N-dealkylation sites (tertiary alicyclic amines) is 1. The van der Waals surface area contributed by atoms with Crippen LogP contribution < -0.4 is 5.73 Å². The third kappa shape index (κ3) is 2.93. The third-order valence-corrected chi connectivity index (χ3v) is 4.00. The van der Waals surface area contributed by atoms with E-state index in [0.717, 1.165) is 18.8 Å². The highest BCUT2D eigenvalue weighted by atomic mass is 15.3. The SMILES string of the molecule is CC1CCCC(CN)N1Cc1ccn(C(C)C)n1. The van der Waals surface area contributed by atoms with Gasteiger partial charge in [-0.25, -0.2) is 0 Å². The van der Waals surface area contributed by atoms with Crippen LogP contribution in [0.25, 0.3) is 0 Å². The van der Waals surface area contributed by atoms with Crippen molar-refractivity contribution in [2.45, 2.75) is 64.7 Å². The number of hydrogen-bond acceptors (Lipinski definition) is 3. The van der Waals surface area contributed by atoms with E-state index in [1.54, 1.807) is 0 Å². The normalized spacial score (nSPS) is 25.8. The molecule has 1 aliphatic rings. The van der Waals surface area contributed by atoms with Crippen molar-refractivity contribution >= 4 is 0 Å².